The van der Waals surface area contributed by atoms with Crippen molar-refractivity contribution in [3.8, 4) is 0 Å². The van der Waals surface area contributed by atoms with Crippen LogP contribution in [-0.2, 0) is 65.2 Å². The highest BCUT2D eigenvalue weighted by Gasteiger charge is 2.31. The maximum Gasteiger partial charge on any atom is 0.328 e. The zero-order valence-electron chi connectivity index (χ0n) is 53.9. The van der Waals surface area contributed by atoms with Gasteiger partial charge in [-0.25, -0.2) is 14.9 Å². The summed E-state index contributed by atoms with van der Waals surface area (Å²) >= 11 is 0. The molecule has 1 rings (SSSR count). The number of nitrogens with two attached hydrogens (primary N) is 2. The average molecular weight is 1500 g/mol. The molecule has 9 atom stereocenters. The Morgan fingerprint density at radius 1 is 0.656 bits per heavy atom. The van der Waals surface area contributed by atoms with Crippen molar-refractivity contribution in [1.82, 2.24) is 20.8 Å². The van der Waals surface area contributed by atoms with E-state index in [1.54, 1.807) is 27.7 Å². The first-order valence-corrected chi connectivity index (χ1v) is 40.7. The Hall–Kier alpha value is -2.70. The molecule has 0 bridgehead atoms. The number of hydroxylamine groups is 4. The molecule has 0 spiro atoms. The molecule has 0 aromatic carbocycles. The Morgan fingerprint density at radius 3 is 1.37 bits per heavy atom. The van der Waals surface area contributed by atoms with E-state index in [0.717, 1.165) is 5.06 Å². The van der Waals surface area contributed by atoms with Gasteiger partial charge in [-0.15, -0.1) is 0 Å². The van der Waals surface area contributed by atoms with Crippen LogP contribution in [0.2, 0.25) is 0 Å². The molecule has 0 aliphatic carbocycles. The lowest BCUT2D eigenvalue weighted by Gasteiger charge is -2.23. The van der Waals surface area contributed by atoms with E-state index in [1.807, 2.05) is 20.8 Å². The fourth-order valence-corrected chi connectivity index (χ4v) is 10.6. The number of aliphatic hydroxyl groups excluding tert-OH is 3. The van der Waals surface area contributed by atoms with Crippen LogP contribution in [0.4, 0.5) is 0 Å². The lowest BCUT2D eigenvalue weighted by molar-refractivity contribution is -0.151. The molecule has 1 aliphatic rings. The zero-order chi connectivity index (χ0) is 75.0. The molecule has 1 saturated heterocycles. The van der Waals surface area contributed by atoms with Crippen LogP contribution in [-0.4, -0.2) is 246 Å². The van der Waals surface area contributed by atoms with Gasteiger partial charge in [0.25, 0.3) is 0 Å². The van der Waals surface area contributed by atoms with Crippen molar-refractivity contribution >= 4 is 94.3 Å². The SMILES string of the molecule is CC(=N)N(O)CCCC(N)C(=O)CCP(=O)(O)O.CC(=O)N[C@H](C(=O)OC[C@@H](O)CP(=O)(O)O)C(C)C.CC(C)[C@H](C)C(=O)NC(CCCN(O)C(=N)N)C(=O)CCP(=O)(O)O.CC(O)CP(=O)(O)O.CCP(=O)(O)O.CC[C@@H](O)CP(=O)(O)O.C[C@@H]1COP(=O)(O)C1. The van der Waals surface area contributed by atoms with Gasteiger partial charge in [-0.3, -0.25) is 72.4 Å². The van der Waals surface area contributed by atoms with Crippen molar-refractivity contribution < 1.29 is 155 Å². The molecule has 1 aliphatic heterocycles. The third-order valence-corrected chi connectivity index (χ3v) is 18.2. The summed E-state index contributed by atoms with van der Waals surface area (Å²) in [5, 5.41) is 65.3. The lowest BCUT2D eigenvalue weighted by Crippen LogP contribution is -2.45. The van der Waals surface area contributed by atoms with Crippen LogP contribution in [0.3, 0.4) is 0 Å². The van der Waals surface area contributed by atoms with Crippen LogP contribution in [0.15, 0.2) is 0 Å². The highest BCUT2D eigenvalue weighted by Crippen LogP contribution is 2.49. The number of hydrogen-bond donors (Lipinski definition) is 24. The van der Waals surface area contributed by atoms with Gasteiger partial charge in [0, 0.05) is 44.9 Å². The first kappa shape index (κ1) is 101. The van der Waals surface area contributed by atoms with E-state index in [-0.39, 0.29) is 80.3 Å². The number of hydrogen-bond acceptors (Lipinski definition) is 22. The van der Waals surface area contributed by atoms with E-state index >= 15 is 0 Å². The van der Waals surface area contributed by atoms with Crippen molar-refractivity contribution in [2.24, 2.45) is 35.1 Å². The van der Waals surface area contributed by atoms with Crippen molar-refractivity contribution in [3.05, 3.63) is 0 Å². The smallest absolute Gasteiger partial charge is 0.328 e. The first-order valence-electron chi connectivity index (χ1n) is 28.2. The van der Waals surface area contributed by atoms with E-state index in [2.05, 4.69) is 15.2 Å². The number of carbonyl (C=O) groups is 5. The number of amides is 2. The van der Waals surface area contributed by atoms with Gasteiger partial charge < -0.3 is 110 Å². The van der Waals surface area contributed by atoms with Crippen LogP contribution < -0.4 is 22.1 Å². The van der Waals surface area contributed by atoms with E-state index in [4.69, 9.17) is 106 Å². The predicted molar refractivity (Wildman–Crippen MR) is 338 cm³/mol. The van der Waals surface area contributed by atoms with Crippen molar-refractivity contribution in [2.75, 3.05) is 69.4 Å². The number of nitrogens with one attached hydrogen (secondary N) is 4. The number of amidine groups is 1. The molecule has 40 nitrogen and oxygen atoms in total. The fourth-order valence-electron chi connectivity index (χ4n) is 5.95. The van der Waals surface area contributed by atoms with Crippen LogP contribution in [0.25, 0.3) is 0 Å². The number of guanidine groups is 1. The minimum Gasteiger partial charge on any atom is -0.461 e. The fraction of sp³-hybridized carbons (Fsp3) is 0.848. The third-order valence-electron chi connectivity index (χ3n) is 11.3. The number of ether oxygens (including phenoxy) is 1. The highest BCUT2D eigenvalue weighted by atomic mass is 31.2. The zero-order valence-corrected chi connectivity index (χ0v) is 60.2. The van der Waals surface area contributed by atoms with Crippen molar-refractivity contribution in [3.63, 3.8) is 0 Å². The number of esters is 1. The lowest BCUT2D eigenvalue weighted by atomic mass is 9.96. The molecule has 2 amide bonds. The number of nitrogens with zero attached hydrogens (tertiary/aromatic N) is 2. The van der Waals surface area contributed by atoms with E-state index in [1.165, 1.54) is 27.7 Å². The number of Topliss-reactive ketones (excluding diaryl/α,β-unsaturated/α-hetero) is 2. The first-order chi connectivity index (χ1) is 41.5. The summed E-state index contributed by atoms with van der Waals surface area (Å²) in [5.41, 5.74) is 10.7. The summed E-state index contributed by atoms with van der Waals surface area (Å²) in [4.78, 5) is 168. The minimum atomic E-state index is -4.36. The van der Waals surface area contributed by atoms with Crippen molar-refractivity contribution in [2.45, 2.75) is 158 Å². The van der Waals surface area contributed by atoms with E-state index < -0.39 is 156 Å². The second kappa shape index (κ2) is 49.8. The normalized spacial score (nSPS) is 17.1. The summed E-state index contributed by atoms with van der Waals surface area (Å²) in [6, 6.07) is -2.57. The Kier molecular flexibility index (Phi) is 54.2. The molecule has 47 heteroatoms. The minimum absolute atomic E-state index is 0.00334. The monoisotopic (exact) mass is 1500 g/mol. The topological polar surface area (TPSA) is 718 Å². The molecule has 0 aromatic heterocycles. The van der Waals surface area contributed by atoms with Gasteiger partial charge in [0.15, 0.2) is 5.78 Å². The standard InChI is InChI=1S/C14H29N4O6P.C10H20NO7P.C9H20N3O5P.C4H11O4P.C4H9O3P.C3H9O4P.C2H7O3P/c1-9(2)10(3)13(20)17-11(5-4-7-18(21)14(15)16)12(19)6-8-25(22,23)24;1-6(2)9(11-7(3)12)10(14)18-4-8(13)5-19(15,16)17;1-7(10)12(14)5-2-3-8(11)9(13)4-6-18(15,16)17;1-2-4(5)3-9(6,7)8;1-4-2-7-8(5,6)3-4;1-3(4)2-8(5,6)7;1-2-6(3,4)5/h9-11,21H,4-8H2,1-3H3,(H3,15,16)(H,17,20)(H2,22,23,24);6,8-9,13H,4-5H2,1-3H3,(H,11,12)(H2,15,16,17);8,10,14H,2-6,11H2,1H3,(H2,15,16,17);4-5H,2-3H2,1H3,(H2,6,7,8);4H,2-3H2,1H3,(H,5,6);3-4H,2H2,1H3,(H2,5,6,7);2H2,1H3,(H2,3,4,5)/t10-,11?;8-,9+;;2*4-;;/m01.11../s1. The number of ketones is 2. The molecule has 93 heavy (non-hydrogen) atoms. The van der Waals surface area contributed by atoms with Gasteiger partial charge >= 0.3 is 59.1 Å². The van der Waals surface area contributed by atoms with E-state index in [0.29, 0.717) is 37.1 Å². The molecule has 26 N–H and O–H groups in total. The molecular formula is C46H105N8O32P7. The third kappa shape index (κ3) is 71.9. The van der Waals surface area contributed by atoms with Gasteiger partial charge in [0.1, 0.15) is 24.3 Å². The van der Waals surface area contributed by atoms with Gasteiger partial charge in [0.05, 0.1) is 74.0 Å². The van der Waals surface area contributed by atoms with Gasteiger partial charge in [-0.1, -0.05) is 55.4 Å². The second-order valence-corrected chi connectivity index (χ2v) is 34.3. The van der Waals surface area contributed by atoms with Crippen LogP contribution in [0, 0.1) is 34.5 Å². The largest absolute Gasteiger partial charge is 0.461 e. The number of aliphatic hydroxyl groups is 3. The Labute approximate surface area is 540 Å². The molecule has 0 radical (unpaired) electrons. The molecule has 0 saturated carbocycles. The Morgan fingerprint density at radius 2 is 1.08 bits per heavy atom. The van der Waals surface area contributed by atoms with Gasteiger partial charge in [-0.2, -0.15) is 0 Å². The van der Waals surface area contributed by atoms with Gasteiger partial charge in [-0.05, 0) is 63.7 Å². The molecule has 1 fully saturated rings. The van der Waals surface area contributed by atoms with Crippen molar-refractivity contribution in [1.29, 1.82) is 10.8 Å². The van der Waals surface area contributed by atoms with Crippen LogP contribution >= 0.6 is 53.2 Å². The van der Waals surface area contributed by atoms with Crippen LogP contribution in [0.5, 0.6) is 0 Å². The molecule has 1 heterocycles. The number of rotatable bonds is 32. The summed E-state index contributed by atoms with van der Waals surface area (Å²) in [7, 11) is -27.5. The molecule has 556 valence electrons. The molecular weight excluding hydrogens is 1390 g/mol. The molecule has 0 aromatic rings. The highest BCUT2D eigenvalue weighted by molar-refractivity contribution is 7.53. The second-order valence-electron chi connectivity index (χ2n) is 21.8. The summed E-state index contributed by atoms with van der Waals surface area (Å²) in [6.07, 6.45) is -4.84. The van der Waals surface area contributed by atoms with Gasteiger partial charge in [0.2, 0.25) is 17.8 Å². The Balaban J connectivity index is -0.000000251. The maximum absolute atomic E-state index is 12.2. The van der Waals surface area contributed by atoms with Crippen LogP contribution in [0.1, 0.15) is 121 Å². The maximum atomic E-state index is 12.2. The summed E-state index contributed by atoms with van der Waals surface area (Å²) < 4.78 is 81.8. The van der Waals surface area contributed by atoms with E-state index in [9.17, 15) is 66.2 Å². The molecule has 4 unspecified atom stereocenters. The summed E-state index contributed by atoms with van der Waals surface area (Å²) in [6.45, 7) is 18.0. The Bertz CT molecular complexity index is 2560. The quantitative estimate of drug-likeness (QED) is 0.0138. The summed E-state index contributed by atoms with van der Waals surface area (Å²) in [5.74, 6) is -3.13. The number of carbonyl (C=O) groups excluding carboxylic acids is 5. The predicted octanol–water partition coefficient (Wildman–Crippen LogP) is -0.0849. The average Bonchev–Trinajstić information content (AvgIpc) is 1.95.